The van der Waals surface area contributed by atoms with Crippen molar-refractivity contribution in [2.24, 2.45) is 0 Å². The molecule has 17 heavy (non-hydrogen) atoms. The lowest BCUT2D eigenvalue weighted by molar-refractivity contribution is 0.0690. The predicted octanol–water partition coefficient (Wildman–Crippen LogP) is 0.419. The number of hydrogen-bond donors (Lipinski definition) is 2. The van der Waals surface area contributed by atoms with Gasteiger partial charge in [0.25, 0.3) is 0 Å². The van der Waals surface area contributed by atoms with E-state index in [0.29, 0.717) is 0 Å². The maximum Gasteiger partial charge on any atom is 0.354 e. The number of anilines is 1. The van der Waals surface area contributed by atoms with Gasteiger partial charge in [-0.3, -0.25) is 4.57 Å². The summed E-state index contributed by atoms with van der Waals surface area (Å²) in [6.07, 6.45) is 2.90. The van der Waals surface area contributed by atoms with Crippen molar-refractivity contribution in [1.29, 1.82) is 5.26 Å². The molecule has 0 aliphatic rings. The third-order valence-electron chi connectivity index (χ3n) is 2.09. The number of rotatable bonds is 2. The lowest BCUT2D eigenvalue weighted by atomic mass is 10.3. The molecule has 0 bridgehead atoms. The third-order valence-corrected chi connectivity index (χ3v) is 2.09. The van der Waals surface area contributed by atoms with Crippen molar-refractivity contribution in [3.8, 4) is 11.9 Å². The number of pyridine rings is 1. The molecule has 84 valence electrons. The number of hydrogen-bond acceptors (Lipinski definition) is 5. The van der Waals surface area contributed by atoms with E-state index in [4.69, 9.17) is 16.1 Å². The monoisotopic (exact) mass is 229 g/mol. The van der Waals surface area contributed by atoms with Crippen LogP contribution in [-0.2, 0) is 0 Å². The Morgan fingerprint density at radius 2 is 2.29 bits per heavy atom. The van der Waals surface area contributed by atoms with Gasteiger partial charge in [-0.25, -0.2) is 14.8 Å². The van der Waals surface area contributed by atoms with Crippen LogP contribution in [0.5, 0.6) is 0 Å². The lowest BCUT2D eigenvalue weighted by Gasteiger charge is -2.06. The minimum atomic E-state index is -1.16. The van der Waals surface area contributed by atoms with E-state index in [9.17, 15) is 4.79 Å². The minimum absolute atomic E-state index is 0.0896. The maximum absolute atomic E-state index is 10.8. The molecule has 0 radical (unpaired) electrons. The number of carboxylic acids is 1. The summed E-state index contributed by atoms with van der Waals surface area (Å²) < 4.78 is 1.34. The molecule has 0 atom stereocenters. The molecule has 0 saturated carbocycles. The second kappa shape index (κ2) is 3.94. The molecule has 2 rings (SSSR count). The second-order valence-electron chi connectivity index (χ2n) is 3.15. The van der Waals surface area contributed by atoms with Gasteiger partial charge in [-0.05, 0) is 12.1 Å². The van der Waals surface area contributed by atoms with Crippen molar-refractivity contribution in [1.82, 2.24) is 14.5 Å². The molecule has 0 aliphatic heterocycles. The van der Waals surface area contributed by atoms with Crippen molar-refractivity contribution >= 4 is 11.7 Å². The van der Waals surface area contributed by atoms with E-state index in [0.717, 1.165) is 0 Å². The molecule has 7 nitrogen and oxygen atoms in total. The van der Waals surface area contributed by atoms with Gasteiger partial charge in [-0.2, -0.15) is 5.26 Å². The molecule has 0 aromatic carbocycles. The fourth-order valence-corrected chi connectivity index (χ4v) is 1.33. The van der Waals surface area contributed by atoms with Gasteiger partial charge in [0, 0.05) is 12.4 Å². The molecule has 0 unspecified atom stereocenters. The zero-order chi connectivity index (χ0) is 12.4. The van der Waals surface area contributed by atoms with Crippen LogP contribution >= 0.6 is 0 Å². The molecule has 0 amide bonds. The van der Waals surface area contributed by atoms with Crippen LogP contribution in [0.2, 0.25) is 0 Å². The van der Waals surface area contributed by atoms with E-state index in [1.807, 2.05) is 6.07 Å². The van der Waals surface area contributed by atoms with Crippen LogP contribution in [0.3, 0.4) is 0 Å². The Labute approximate surface area is 95.8 Å². The highest BCUT2D eigenvalue weighted by Gasteiger charge is 2.12. The highest BCUT2D eigenvalue weighted by Crippen LogP contribution is 2.16. The van der Waals surface area contributed by atoms with Crippen LogP contribution in [0.15, 0.2) is 24.5 Å². The molecule has 7 heteroatoms. The fraction of sp³-hybridized carbons (Fsp3) is 0. The van der Waals surface area contributed by atoms with E-state index in [1.165, 1.54) is 29.1 Å². The summed E-state index contributed by atoms with van der Waals surface area (Å²) in [6.45, 7) is 0. The smallest absolute Gasteiger partial charge is 0.354 e. The van der Waals surface area contributed by atoms with Crippen molar-refractivity contribution in [3.63, 3.8) is 0 Å². The summed E-state index contributed by atoms with van der Waals surface area (Å²) in [5.74, 6) is -0.893. The normalized spacial score (nSPS) is 9.82. The summed E-state index contributed by atoms with van der Waals surface area (Å²) in [7, 11) is 0. The molecule has 0 aliphatic carbocycles. The quantitative estimate of drug-likeness (QED) is 0.770. The van der Waals surface area contributed by atoms with Crippen LogP contribution in [0.25, 0.3) is 5.82 Å². The zero-order valence-corrected chi connectivity index (χ0v) is 8.53. The number of nitriles is 1. The van der Waals surface area contributed by atoms with Gasteiger partial charge >= 0.3 is 5.97 Å². The Morgan fingerprint density at radius 3 is 2.94 bits per heavy atom. The average Bonchev–Trinajstić information content (AvgIpc) is 2.77. The van der Waals surface area contributed by atoms with E-state index in [2.05, 4.69) is 9.97 Å². The summed E-state index contributed by atoms with van der Waals surface area (Å²) >= 11 is 0. The highest BCUT2D eigenvalue weighted by molar-refractivity contribution is 5.86. The van der Waals surface area contributed by atoms with Crippen molar-refractivity contribution < 1.29 is 9.90 Å². The Kier molecular flexibility index (Phi) is 2.46. The Balaban J connectivity index is 2.63. The minimum Gasteiger partial charge on any atom is -0.477 e. The summed E-state index contributed by atoms with van der Waals surface area (Å²) in [5, 5.41) is 17.7. The third kappa shape index (κ3) is 1.79. The van der Waals surface area contributed by atoms with Gasteiger partial charge in [0.15, 0.2) is 11.5 Å². The van der Waals surface area contributed by atoms with Crippen molar-refractivity contribution in [2.45, 2.75) is 0 Å². The molecular weight excluding hydrogens is 222 g/mol. The highest BCUT2D eigenvalue weighted by atomic mass is 16.4. The van der Waals surface area contributed by atoms with Gasteiger partial charge in [-0.15, -0.1) is 0 Å². The predicted molar refractivity (Wildman–Crippen MR) is 57.4 cm³/mol. The van der Waals surface area contributed by atoms with Gasteiger partial charge in [0.05, 0.1) is 5.69 Å². The molecule has 2 heterocycles. The first-order chi connectivity index (χ1) is 8.13. The molecule has 0 spiro atoms. The number of carbonyl (C=O) groups is 1. The van der Waals surface area contributed by atoms with E-state index < -0.39 is 5.97 Å². The first-order valence-corrected chi connectivity index (χ1v) is 4.57. The molecule has 0 fully saturated rings. The molecular formula is C10H7N5O2. The van der Waals surface area contributed by atoms with Crippen LogP contribution in [-0.4, -0.2) is 25.6 Å². The van der Waals surface area contributed by atoms with Gasteiger partial charge < -0.3 is 10.8 Å². The molecule has 2 aromatic heterocycles. The van der Waals surface area contributed by atoms with E-state index in [-0.39, 0.29) is 23.0 Å². The summed E-state index contributed by atoms with van der Waals surface area (Å²) in [6, 6.07) is 4.58. The number of aromatic nitrogens is 3. The second-order valence-corrected chi connectivity index (χ2v) is 3.15. The van der Waals surface area contributed by atoms with Crippen LogP contribution < -0.4 is 5.73 Å². The van der Waals surface area contributed by atoms with E-state index >= 15 is 0 Å². The average molecular weight is 229 g/mol. The molecule has 0 saturated heterocycles. The number of nitrogen functional groups attached to an aromatic ring is 1. The number of nitrogens with zero attached hydrogens (tertiary/aromatic N) is 4. The summed E-state index contributed by atoms with van der Waals surface area (Å²) in [5.41, 5.74) is 5.81. The van der Waals surface area contributed by atoms with Crippen molar-refractivity contribution in [3.05, 3.63) is 36.0 Å². The Hall–Kier alpha value is -2.88. The Bertz CT molecular complexity index is 626. The zero-order valence-electron chi connectivity index (χ0n) is 8.53. The van der Waals surface area contributed by atoms with Gasteiger partial charge in [0.1, 0.15) is 6.07 Å². The van der Waals surface area contributed by atoms with Gasteiger partial charge in [0.2, 0.25) is 5.82 Å². The fourth-order valence-electron chi connectivity index (χ4n) is 1.33. The SMILES string of the molecule is N#Cc1nccn1-c1nc(C(=O)O)ccc1N. The first-order valence-electron chi connectivity index (χ1n) is 4.57. The maximum atomic E-state index is 10.8. The molecule has 2 aromatic rings. The largest absolute Gasteiger partial charge is 0.477 e. The van der Waals surface area contributed by atoms with E-state index in [1.54, 1.807) is 0 Å². The number of imidazole rings is 1. The first kappa shape index (κ1) is 10.6. The lowest BCUT2D eigenvalue weighted by Crippen LogP contribution is -2.09. The summed E-state index contributed by atoms with van der Waals surface area (Å²) in [4.78, 5) is 18.5. The Morgan fingerprint density at radius 1 is 1.53 bits per heavy atom. The van der Waals surface area contributed by atoms with Crippen molar-refractivity contribution in [2.75, 3.05) is 5.73 Å². The number of aromatic carboxylic acids is 1. The molecule has 3 N–H and O–H groups in total. The van der Waals surface area contributed by atoms with Gasteiger partial charge in [-0.1, -0.05) is 0 Å². The standard InChI is InChI=1S/C10H7N5O2/c11-5-8-13-3-4-15(8)9-6(12)1-2-7(14-9)10(16)17/h1-4H,12H2,(H,16,17). The van der Waals surface area contributed by atoms with Crippen LogP contribution in [0.4, 0.5) is 5.69 Å². The topological polar surface area (TPSA) is 118 Å². The van der Waals surface area contributed by atoms with Crippen LogP contribution in [0.1, 0.15) is 16.3 Å². The number of nitrogens with two attached hydrogens (primary N) is 1. The number of carboxylic acid groups (broad SMARTS) is 1. The van der Waals surface area contributed by atoms with Crippen LogP contribution in [0, 0.1) is 11.3 Å².